The molecular formula is C14H13N7O4. The van der Waals surface area contributed by atoms with Gasteiger partial charge in [0, 0.05) is 24.7 Å². The number of H-pyrrole nitrogens is 1. The lowest BCUT2D eigenvalue weighted by Crippen LogP contribution is -2.53. The molecule has 2 N–H and O–H groups in total. The van der Waals surface area contributed by atoms with E-state index in [1.165, 1.54) is 17.3 Å². The highest BCUT2D eigenvalue weighted by Crippen LogP contribution is 2.21. The van der Waals surface area contributed by atoms with Gasteiger partial charge in [-0.15, -0.1) is 0 Å². The van der Waals surface area contributed by atoms with Crippen LogP contribution in [0.2, 0.25) is 0 Å². The molecule has 1 fully saturated rings. The minimum absolute atomic E-state index is 0.279. The number of anilines is 1. The summed E-state index contributed by atoms with van der Waals surface area (Å²) in [6.45, 7) is 0.811. The topological polar surface area (TPSA) is 131 Å². The van der Waals surface area contributed by atoms with Gasteiger partial charge in [-0.25, -0.2) is 19.7 Å². The van der Waals surface area contributed by atoms with Crippen LogP contribution in [-0.4, -0.2) is 59.8 Å². The van der Waals surface area contributed by atoms with Crippen LogP contribution in [0.5, 0.6) is 0 Å². The highest BCUT2D eigenvalue weighted by atomic mass is 16.7. The van der Waals surface area contributed by atoms with E-state index in [1.807, 2.05) is 4.90 Å². The van der Waals surface area contributed by atoms with Crippen LogP contribution in [0.25, 0.3) is 11.5 Å². The van der Waals surface area contributed by atoms with Crippen molar-refractivity contribution in [2.24, 2.45) is 0 Å². The Kier molecular flexibility index (Phi) is 3.45. The van der Waals surface area contributed by atoms with Gasteiger partial charge in [0.2, 0.25) is 0 Å². The number of carboxylic acid groups (broad SMARTS) is 1. The smallest absolute Gasteiger partial charge is 0.450 e. The third-order valence-electron chi connectivity index (χ3n) is 3.84. The van der Waals surface area contributed by atoms with Crippen LogP contribution in [0.3, 0.4) is 0 Å². The summed E-state index contributed by atoms with van der Waals surface area (Å²) in [5, 5.41) is 11.5. The van der Waals surface area contributed by atoms with Crippen LogP contribution in [-0.2, 0) is 4.74 Å². The summed E-state index contributed by atoms with van der Waals surface area (Å²) >= 11 is 0. The second-order valence-electron chi connectivity index (χ2n) is 5.41. The van der Waals surface area contributed by atoms with Gasteiger partial charge in [0.05, 0.1) is 19.4 Å². The number of hydrogen-bond donors (Lipinski definition) is 2. The van der Waals surface area contributed by atoms with E-state index in [-0.39, 0.29) is 11.7 Å². The Bertz CT molecular complexity index is 956. The predicted octanol–water partition coefficient (Wildman–Crippen LogP) is 0.0245. The SMILES string of the molecule is O=C(O)OC1CN(c2cc(-n3[nH]cc(-n4ccnc4)c3=O)ncn2)C1. The van der Waals surface area contributed by atoms with Gasteiger partial charge in [-0.1, -0.05) is 0 Å². The third kappa shape index (κ3) is 2.71. The fourth-order valence-corrected chi connectivity index (χ4v) is 2.59. The maximum absolute atomic E-state index is 12.5. The van der Waals surface area contributed by atoms with E-state index in [4.69, 9.17) is 5.11 Å². The van der Waals surface area contributed by atoms with Crippen molar-refractivity contribution in [2.45, 2.75) is 6.10 Å². The van der Waals surface area contributed by atoms with Gasteiger partial charge in [-0.2, -0.15) is 4.68 Å². The molecule has 0 unspecified atom stereocenters. The molecule has 0 aliphatic carbocycles. The van der Waals surface area contributed by atoms with Crippen molar-refractivity contribution in [3.8, 4) is 11.5 Å². The summed E-state index contributed by atoms with van der Waals surface area (Å²) in [7, 11) is 0. The van der Waals surface area contributed by atoms with E-state index in [0.29, 0.717) is 30.4 Å². The van der Waals surface area contributed by atoms with Crippen molar-refractivity contribution in [1.29, 1.82) is 0 Å². The lowest BCUT2D eigenvalue weighted by molar-refractivity contribution is 0.0396. The number of imidazole rings is 1. The van der Waals surface area contributed by atoms with Crippen LogP contribution < -0.4 is 10.5 Å². The molecule has 25 heavy (non-hydrogen) atoms. The van der Waals surface area contributed by atoms with E-state index in [2.05, 4.69) is 24.8 Å². The summed E-state index contributed by atoms with van der Waals surface area (Å²) < 4.78 is 7.57. The van der Waals surface area contributed by atoms with Gasteiger partial charge in [-0.3, -0.25) is 14.5 Å². The molecule has 0 radical (unpaired) electrons. The lowest BCUT2D eigenvalue weighted by atomic mass is 10.1. The molecule has 11 nitrogen and oxygen atoms in total. The van der Waals surface area contributed by atoms with Crippen molar-refractivity contribution < 1.29 is 14.6 Å². The first kappa shape index (κ1) is 14.9. The Morgan fingerprint density at radius 3 is 2.84 bits per heavy atom. The van der Waals surface area contributed by atoms with Crippen molar-refractivity contribution in [1.82, 2.24) is 29.3 Å². The molecule has 11 heteroatoms. The highest BCUT2D eigenvalue weighted by Gasteiger charge is 2.31. The standard InChI is InChI=1S/C14H13N7O4/c22-13-10(19-2-1-15-8-19)4-18-21(13)12-3-11(16-7-17-12)20-5-9(6-20)25-14(23)24/h1-4,7-9,18H,5-6H2,(H,23,24). The quantitative estimate of drug-likeness (QED) is 0.634. The van der Waals surface area contributed by atoms with Gasteiger partial charge in [0.25, 0.3) is 5.56 Å². The van der Waals surface area contributed by atoms with Crippen molar-refractivity contribution >= 4 is 12.0 Å². The lowest BCUT2D eigenvalue weighted by Gasteiger charge is -2.38. The first-order valence-electron chi connectivity index (χ1n) is 7.37. The van der Waals surface area contributed by atoms with Crippen LogP contribution in [0.1, 0.15) is 0 Å². The molecule has 3 aromatic heterocycles. The number of aromatic amines is 1. The number of carbonyl (C=O) groups is 1. The molecule has 0 aromatic carbocycles. The Morgan fingerprint density at radius 2 is 2.12 bits per heavy atom. The summed E-state index contributed by atoms with van der Waals surface area (Å²) in [5.74, 6) is 0.963. The molecule has 1 aliphatic rings. The predicted molar refractivity (Wildman–Crippen MR) is 84.2 cm³/mol. The van der Waals surface area contributed by atoms with Crippen LogP contribution in [0.15, 0.2) is 42.1 Å². The van der Waals surface area contributed by atoms with E-state index in [0.717, 1.165) is 0 Å². The number of rotatable bonds is 4. The summed E-state index contributed by atoms with van der Waals surface area (Å²) in [4.78, 5) is 37.1. The molecule has 1 aliphatic heterocycles. The van der Waals surface area contributed by atoms with E-state index >= 15 is 0 Å². The molecule has 0 amide bonds. The number of nitrogens with one attached hydrogen (secondary N) is 1. The Hall–Kier alpha value is -3.63. The van der Waals surface area contributed by atoms with Crippen LogP contribution >= 0.6 is 0 Å². The van der Waals surface area contributed by atoms with Crippen molar-refractivity contribution in [3.63, 3.8) is 0 Å². The fourth-order valence-electron chi connectivity index (χ4n) is 2.59. The van der Waals surface area contributed by atoms with Gasteiger partial charge >= 0.3 is 6.16 Å². The van der Waals surface area contributed by atoms with Crippen LogP contribution in [0.4, 0.5) is 10.6 Å². The number of aromatic nitrogens is 6. The van der Waals surface area contributed by atoms with Gasteiger partial charge < -0.3 is 14.7 Å². The molecular weight excluding hydrogens is 330 g/mol. The molecule has 0 saturated carbocycles. The Morgan fingerprint density at radius 1 is 1.32 bits per heavy atom. The molecule has 4 rings (SSSR count). The molecule has 3 aromatic rings. The van der Waals surface area contributed by atoms with Crippen LogP contribution in [0, 0.1) is 0 Å². The molecule has 0 spiro atoms. The zero-order valence-corrected chi connectivity index (χ0v) is 12.8. The molecule has 0 atom stereocenters. The van der Waals surface area contributed by atoms with Gasteiger partial charge in [0.15, 0.2) is 5.82 Å². The molecule has 1 saturated heterocycles. The van der Waals surface area contributed by atoms with Gasteiger partial charge in [0.1, 0.15) is 23.9 Å². The number of hydrogen-bond acceptors (Lipinski definition) is 7. The maximum Gasteiger partial charge on any atom is 0.506 e. The minimum atomic E-state index is -1.29. The number of ether oxygens (including phenoxy) is 1. The van der Waals surface area contributed by atoms with E-state index < -0.39 is 6.16 Å². The Labute approximate surface area is 140 Å². The Balaban J connectivity index is 1.57. The molecule has 0 bridgehead atoms. The molecule has 4 heterocycles. The number of nitrogens with zero attached hydrogens (tertiary/aromatic N) is 6. The van der Waals surface area contributed by atoms with Crippen molar-refractivity contribution in [3.05, 3.63) is 47.7 Å². The fraction of sp³-hybridized carbons (Fsp3) is 0.214. The van der Waals surface area contributed by atoms with Crippen molar-refractivity contribution in [2.75, 3.05) is 18.0 Å². The normalized spacial score (nSPS) is 14.3. The van der Waals surface area contributed by atoms with E-state index in [9.17, 15) is 9.59 Å². The zero-order valence-electron chi connectivity index (χ0n) is 12.8. The third-order valence-corrected chi connectivity index (χ3v) is 3.84. The highest BCUT2D eigenvalue weighted by molar-refractivity contribution is 5.58. The average Bonchev–Trinajstić information content (AvgIpc) is 3.19. The summed E-state index contributed by atoms with van der Waals surface area (Å²) in [6, 6.07) is 1.65. The average molecular weight is 343 g/mol. The minimum Gasteiger partial charge on any atom is -0.450 e. The molecule has 128 valence electrons. The second kappa shape index (κ2) is 5.78. The van der Waals surface area contributed by atoms with Gasteiger partial charge in [-0.05, 0) is 0 Å². The maximum atomic E-state index is 12.5. The van der Waals surface area contributed by atoms with E-state index in [1.54, 1.807) is 29.2 Å². The monoisotopic (exact) mass is 343 g/mol. The first-order valence-corrected chi connectivity index (χ1v) is 7.37. The first-order chi connectivity index (χ1) is 12.1. The second-order valence-corrected chi connectivity index (χ2v) is 5.41. The zero-order chi connectivity index (χ0) is 17.4. The summed E-state index contributed by atoms with van der Waals surface area (Å²) in [6.07, 6.45) is 6.02. The largest absolute Gasteiger partial charge is 0.506 e. The summed E-state index contributed by atoms with van der Waals surface area (Å²) in [5.41, 5.74) is 0.134.